The zero-order valence-corrected chi connectivity index (χ0v) is 13.7. The lowest BCUT2D eigenvalue weighted by Crippen LogP contribution is -2.57. The average molecular weight is 297 g/mol. The van der Waals surface area contributed by atoms with Crippen molar-refractivity contribution in [1.29, 1.82) is 5.26 Å². The number of nitrogens with zero attached hydrogens (tertiary/aromatic N) is 3. The van der Waals surface area contributed by atoms with Gasteiger partial charge in [-0.2, -0.15) is 5.26 Å². The average Bonchev–Trinajstić information content (AvgIpc) is 2.58. The number of rotatable bonds is 3. The van der Waals surface area contributed by atoms with Crippen LogP contribution in [0.15, 0.2) is 30.3 Å². The van der Waals surface area contributed by atoms with E-state index >= 15 is 0 Å². The Hall–Kier alpha value is -1.37. The zero-order chi connectivity index (χ0) is 15.4. The van der Waals surface area contributed by atoms with E-state index in [9.17, 15) is 5.26 Å². The van der Waals surface area contributed by atoms with Crippen molar-refractivity contribution in [2.45, 2.75) is 44.7 Å². The smallest absolute Gasteiger partial charge is 0.109 e. The fourth-order valence-electron chi connectivity index (χ4n) is 3.91. The maximum Gasteiger partial charge on any atom is 0.109 e. The molecule has 0 atom stereocenters. The van der Waals surface area contributed by atoms with Crippen LogP contribution >= 0.6 is 0 Å². The first-order valence-corrected chi connectivity index (χ1v) is 8.64. The van der Waals surface area contributed by atoms with Crippen molar-refractivity contribution in [2.24, 2.45) is 5.92 Å². The largest absolute Gasteiger partial charge is 0.297 e. The molecule has 3 rings (SSSR count). The van der Waals surface area contributed by atoms with E-state index in [4.69, 9.17) is 0 Å². The van der Waals surface area contributed by atoms with E-state index in [0.29, 0.717) is 0 Å². The van der Waals surface area contributed by atoms with Crippen molar-refractivity contribution in [3.63, 3.8) is 0 Å². The lowest BCUT2D eigenvalue weighted by atomic mass is 9.76. The summed E-state index contributed by atoms with van der Waals surface area (Å²) in [5.74, 6) is 0.792. The normalized spacial score (nSPS) is 30.8. The van der Waals surface area contributed by atoms with E-state index in [-0.39, 0.29) is 5.54 Å². The van der Waals surface area contributed by atoms with E-state index in [1.165, 1.54) is 18.4 Å². The predicted molar refractivity (Wildman–Crippen MR) is 89.3 cm³/mol. The Balaban J connectivity index is 1.56. The molecule has 0 bridgehead atoms. The second kappa shape index (κ2) is 6.81. The van der Waals surface area contributed by atoms with Crippen molar-refractivity contribution < 1.29 is 0 Å². The van der Waals surface area contributed by atoms with Gasteiger partial charge in [0.25, 0.3) is 0 Å². The van der Waals surface area contributed by atoms with Crippen LogP contribution in [0.25, 0.3) is 0 Å². The Morgan fingerprint density at radius 3 is 2.32 bits per heavy atom. The molecule has 1 saturated carbocycles. The summed E-state index contributed by atoms with van der Waals surface area (Å²) in [6, 6.07) is 13.4. The van der Waals surface area contributed by atoms with E-state index in [0.717, 1.165) is 51.5 Å². The third-order valence-corrected chi connectivity index (χ3v) is 5.54. The highest BCUT2D eigenvalue weighted by atomic mass is 15.3. The number of piperazine rings is 1. The molecule has 1 aliphatic heterocycles. The Morgan fingerprint density at radius 2 is 1.73 bits per heavy atom. The summed E-state index contributed by atoms with van der Waals surface area (Å²) in [5, 5.41) is 9.78. The van der Waals surface area contributed by atoms with E-state index in [1.54, 1.807) is 0 Å². The van der Waals surface area contributed by atoms with Gasteiger partial charge in [-0.3, -0.25) is 9.80 Å². The van der Waals surface area contributed by atoms with Crippen molar-refractivity contribution in [1.82, 2.24) is 9.80 Å². The van der Waals surface area contributed by atoms with Crippen LogP contribution in [-0.2, 0) is 6.54 Å². The second-order valence-corrected chi connectivity index (χ2v) is 7.07. The van der Waals surface area contributed by atoms with E-state index < -0.39 is 0 Å². The minimum Gasteiger partial charge on any atom is -0.297 e. The van der Waals surface area contributed by atoms with Crippen molar-refractivity contribution in [2.75, 3.05) is 26.2 Å². The first-order valence-electron chi connectivity index (χ1n) is 8.64. The molecule has 3 nitrogen and oxygen atoms in total. The summed E-state index contributed by atoms with van der Waals surface area (Å²) in [4.78, 5) is 4.99. The van der Waals surface area contributed by atoms with Crippen LogP contribution in [0.3, 0.4) is 0 Å². The molecular weight excluding hydrogens is 270 g/mol. The summed E-state index contributed by atoms with van der Waals surface area (Å²) in [6.07, 6.45) is 4.53. The van der Waals surface area contributed by atoms with Crippen molar-refractivity contribution in [3.8, 4) is 6.07 Å². The monoisotopic (exact) mass is 297 g/mol. The molecule has 0 N–H and O–H groups in total. The highest BCUT2D eigenvalue weighted by molar-refractivity contribution is 5.15. The van der Waals surface area contributed by atoms with Gasteiger partial charge in [0.15, 0.2) is 0 Å². The van der Waals surface area contributed by atoms with Gasteiger partial charge < -0.3 is 0 Å². The molecule has 0 spiro atoms. The predicted octanol–water partition coefficient (Wildman–Crippen LogP) is 3.28. The standard InChI is InChI=1S/C19H27N3/c1-17-7-9-19(16-20,10-8-17)22-13-11-21(12-14-22)15-18-5-3-2-4-6-18/h2-6,17H,7-15H2,1H3. The second-order valence-electron chi connectivity index (χ2n) is 7.07. The molecule has 1 aromatic carbocycles. The van der Waals surface area contributed by atoms with Crippen LogP contribution in [0.1, 0.15) is 38.2 Å². The molecule has 3 heteroatoms. The number of nitriles is 1. The summed E-state index contributed by atoms with van der Waals surface area (Å²) in [6.45, 7) is 7.58. The van der Waals surface area contributed by atoms with Crippen LogP contribution in [-0.4, -0.2) is 41.5 Å². The highest BCUT2D eigenvalue weighted by Crippen LogP contribution is 2.36. The molecule has 1 heterocycles. The minimum absolute atomic E-state index is 0.175. The van der Waals surface area contributed by atoms with Gasteiger partial charge in [0.1, 0.15) is 5.54 Å². The highest BCUT2D eigenvalue weighted by Gasteiger charge is 2.40. The quantitative estimate of drug-likeness (QED) is 0.857. The molecule has 118 valence electrons. The SMILES string of the molecule is CC1CCC(C#N)(N2CCN(Cc3ccccc3)CC2)CC1. The third-order valence-electron chi connectivity index (χ3n) is 5.54. The molecule has 0 aromatic heterocycles. The van der Waals surface area contributed by atoms with E-state index in [1.807, 2.05) is 0 Å². The van der Waals surface area contributed by atoms with Crippen LogP contribution in [0.4, 0.5) is 0 Å². The fraction of sp³-hybridized carbons (Fsp3) is 0.632. The lowest BCUT2D eigenvalue weighted by Gasteiger charge is -2.46. The van der Waals surface area contributed by atoms with Gasteiger partial charge in [-0.05, 0) is 37.2 Å². The van der Waals surface area contributed by atoms with Crippen molar-refractivity contribution >= 4 is 0 Å². The maximum atomic E-state index is 9.78. The van der Waals surface area contributed by atoms with E-state index in [2.05, 4.69) is 53.1 Å². The molecule has 0 amide bonds. The van der Waals surface area contributed by atoms with Crippen LogP contribution < -0.4 is 0 Å². The van der Waals surface area contributed by atoms with Gasteiger partial charge in [0.2, 0.25) is 0 Å². The zero-order valence-electron chi connectivity index (χ0n) is 13.7. The Bertz CT molecular complexity index is 503. The van der Waals surface area contributed by atoms with Gasteiger partial charge in [-0.25, -0.2) is 0 Å². The van der Waals surface area contributed by atoms with Gasteiger partial charge in [-0.1, -0.05) is 37.3 Å². The molecule has 2 aliphatic rings. The molecule has 0 radical (unpaired) electrons. The Labute approximate surface area is 134 Å². The number of benzene rings is 1. The molecule has 2 fully saturated rings. The minimum atomic E-state index is -0.175. The van der Waals surface area contributed by atoms with Crippen molar-refractivity contribution in [3.05, 3.63) is 35.9 Å². The summed E-state index contributed by atoms with van der Waals surface area (Å²) in [5.41, 5.74) is 1.21. The van der Waals surface area contributed by atoms with Crippen LogP contribution in [0, 0.1) is 17.2 Å². The lowest BCUT2D eigenvalue weighted by molar-refractivity contribution is 0.0314. The molecule has 0 unspecified atom stereocenters. The maximum absolute atomic E-state index is 9.78. The van der Waals surface area contributed by atoms with Gasteiger partial charge in [0, 0.05) is 32.7 Å². The van der Waals surface area contributed by atoms with Crippen LogP contribution in [0.5, 0.6) is 0 Å². The first-order chi connectivity index (χ1) is 10.7. The molecule has 1 aromatic rings. The third kappa shape index (κ3) is 3.34. The summed E-state index contributed by atoms with van der Waals surface area (Å²) < 4.78 is 0. The van der Waals surface area contributed by atoms with Gasteiger partial charge in [-0.15, -0.1) is 0 Å². The number of hydrogen-bond donors (Lipinski definition) is 0. The van der Waals surface area contributed by atoms with Gasteiger partial charge in [0.05, 0.1) is 6.07 Å². The van der Waals surface area contributed by atoms with Crippen LogP contribution in [0.2, 0.25) is 0 Å². The topological polar surface area (TPSA) is 30.3 Å². The molecular formula is C19H27N3. The number of hydrogen-bond acceptors (Lipinski definition) is 3. The summed E-state index contributed by atoms with van der Waals surface area (Å²) >= 11 is 0. The Kier molecular flexibility index (Phi) is 4.81. The molecule has 1 saturated heterocycles. The molecule has 22 heavy (non-hydrogen) atoms. The fourth-order valence-corrected chi connectivity index (χ4v) is 3.91. The van der Waals surface area contributed by atoms with Gasteiger partial charge >= 0.3 is 0 Å². The molecule has 1 aliphatic carbocycles. The Morgan fingerprint density at radius 1 is 1.09 bits per heavy atom. The summed E-state index contributed by atoms with van der Waals surface area (Å²) in [7, 11) is 0. The first kappa shape index (κ1) is 15.5.